The lowest BCUT2D eigenvalue weighted by Gasteiger charge is -2.32. The van der Waals surface area contributed by atoms with Crippen LogP contribution in [-0.4, -0.2) is 28.9 Å². The molecule has 0 aliphatic heterocycles. The molecule has 2 aromatic carbocycles. The Morgan fingerprint density at radius 1 is 1.03 bits per heavy atom. The Kier molecular flexibility index (Phi) is 8.71. The maximum atomic E-state index is 13.0. The smallest absolute Gasteiger partial charge is 0.416 e. The molecule has 6 nitrogen and oxygen atoms in total. The number of nitrogens with one attached hydrogen (secondary N) is 2. The summed E-state index contributed by atoms with van der Waals surface area (Å²) >= 11 is 1.32. The Morgan fingerprint density at radius 2 is 1.68 bits per heavy atom. The molecule has 2 N–H and O–H groups in total. The molecule has 1 aliphatic rings. The van der Waals surface area contributed by atoms with Gasteiger partial charge in [0.25, 0.3) is 11.8 Å². The number of aromatic nitrogens is 1. The number of hydrogen-bond acceptors (Lipinski definition) is 5. The van der Waals surface area contributed by atoms with Crippen molar-refractivity contribution in [3.63, 3.8) is 0 Å². The van der Waals surface area contributed by atoms with E-state index in [-0.39, 0.29) is 29.8 Å². The minimum Gasteiger partial charge on any atom is -0.486 e. The van der Waals surface area contributed by atoms with Gasteiger partial charge in [-0.1, -0.05) is 44.9 Å². The highest BCUT2D eigenvalue weighted by Gasteiger charge is 2.32. The van der Waals surface area contributed by atoms with Gasteiger partial charge in [-0.2, -0.15) is 13.2 Å². The summed E-state index contributed by atoms with van der Waals surface area (Å²) in [5.41, 5.74) is 0.530. The van der Waals surface area contributed by atoms with E-state index in [1.165, 1.54) is 29.0 Å². The molecule has 0 saturated heterocycles. The van der Waals surface area contributed by atoms with Gasteiger partial charge in [0.05, 0.1) is 5.56 Å². The van der Waals surface area contributed by atoms with E-state index in [4.69, 9.17) is 4.74 Å². The highest BCUT2D eigenvalue weighted by atomic mass is 32.1. The zero-order valence-electron chi connectivity index (χ0n) is 21.2. The second-order valence-electron chi connectivity index (χ2n) is 9.66. The fraction of sp³-hybridized carbons (Fsp3) is 0.393. The minimum absolute atomic E-state index is 0.0709. The maximum absolute atomic E-state index is 13.0. The van der Waals surface area contributed by atoms with Crippen LogP contribution in [-0.2, 0) is 12.8 Å². The summed E-state index contributed by atoms with van der Waals surface area (Å²) in [5, 5.41) is 8.08. The van der Waals surface area contributed by atoms with Crippen LogP contribution < -0.4 is 15.4 Å². The predicted molar refractivity (Wildman–Crippen MR) is 139 cm³/mol. The van der Waals surface area contributed by atoms with Crippen LogP contribution in [0.1, 0.15) is 82.4 Å². The van der Waals surface area contributed by atoms with Gasteiger partial charge in [0, 0.05) is 23.0 Å². The molecule has 0 radical (unpaired) electrons. The standard InChI is InChI=1S/C28H30F3N3O3S/c1-17(2)18-10-12-21(13-11-18)37-15-25-32-24(16-38-25)27(36)34-23-9-4-3-8-22(23)33-26(35)19-6-5-7-20(14-19)28(29,30)31/h5-7,10-14,16-17,22-23H,3-4,8-9,15H2,1-2H3,(H,33,35)(H,34,36). The Morgan fingerprint density at radius 3 is 2.32 bits per heavy atom. The third kappa shape index (κ3) is 7.12. The van der Waals surface area contributed by atoms with Gasteiger partial charge in [-0.3, -0.25) is 9.59 Å². The van der Waals surface area contributed by atoms with E-state index < -0.39 is 23.7 Å². The molecule has 10 heteroatoms. The normalized spacial score (nSPS) is 17.7. The van der Waals surface area contributed by atoms with Gasteiger partial charge in [-0.05, 0) is 54.7 Å². The predicted octanol–water partition coefficient (Wildman–Crippen LogP) is 6.34. The van der Waals surface area contributed by atoms with Crippen molar-refractivity contribution in [3.8, 4) is 5.75 Å². The molecular weight excluding hydrogens is 515 g/mol. The van der Waals surface area contributed by atoms with Gasteiger partial charge in [0.1, 0.15) is 23.1 Å². The van der Waals surface area contributed by atoms with Crippen molar-refractivity contribution in [1.29, 1.82) is 0 Å². The number of hydrogen-bond donors (Lipinski definition) is 2. The lowest BCUT2D eigenvalue weighted by atomic mass is 9.90. The molecule has 2 amide bonds. The van der Waals surface area contributed by atoms with Crippen LogP contribution >= 0.6 is 11.3 Å². The molecule has 1 aliphatic carbocycles. The van der Waals surface area contributed by atoms with Crippen molar-refractivity contribution in [2.75, 3.05) is 0 Å². The first-order chi connectivity index (χ1) is 18.1. The summed E-state index contributed by atoms with van der Waals surface area (Å²) in [6.45, 7) is 4.48. The van der Waals surface area contributed by atoms with Crippen LogP contribution in [0.5, 0.6) is 5.75 Å². The van der Waals surface area contributed by atoms with Crippen molar-refractivity contribution in [2.24, 2.45) is 0 Å². The van der Waals surface area contributed by atoms with E-state index in [0.717, 1.165) is 30.7 Å². The van der Waals surface area contributed by atoms with Gasteiger partial charge in [0.15, 0.2) is 0 Å². The number of thiazole rings is 1. The van der Waals surface area contributed by atoms with Crippen molar-refractivity contribution < 1.29 is 27.5 Å². The van der Waals surface area contributed by atoms with Crippen molar-refractivity contribution >= 4 is 23.2 Å². The third-order valence-corrected chi connectivity index (χ3v) is 7.37. The number of ether oxygens (including phenoxy) is 1. The van der Waals surface area contributed by atoms with Crippen LogP contribution in [0.4, 0.5) is 13.2 Å². The highest BCUT2D eigenvalue weighted by Crippen LogP contribution is 2.30. The SMILES string of the molecule is CC(C)c1ccc(OCc2nc(C(=O)NC3CCCCC3NC(=O)c3cccc(C(F)(F)F)c3)cs2)cc1. The van der Waals surface area contributed by atoms with E-state index in [1.54, 1.807) is 5.38 Å². The molecular formula is C28H30F3N3O3S. The lowest BCUT2D eigenvalue weighted by molar-refractivity contribution is -0.137. The average Bonchev–Trinajstić information content (AvgIpc) is 3.38. The summed E-state index contributed by atoms with van der Waals surface area (Å²) < 4.78 is 44.9. The Balaban J connectivity index is 1.34. The summed E-state index contributed by atoms with van der Waals surface area (Å²) in [4.78, 5) is 30.0. The maximum Gasteiger partial charge on any atom is 0.416 e. The summed E-state index contributed by atoms with van der Waals surface area (Å²) in [5.74, 6) is 0.190. The van der Waals surface area contributed by atoms with E-state index in [0.29, 0.717) is 23.8 Å². The number of rotatable bonds is 8. The van der Waals surface area contributed by atoms with E-state index in [2.05, 4.69) is 29.5 Å². The molecule has 4 rings (SSSR count). The fourth-order valence-corrected chi connectivity index (χ4v) is 5.07. The molecule has 1 heterocycles. The molecule has 2 atom stereocenters. The summed E-state index contributed by atoms with van der Waals surface area (Å²) in [7, 11) is 0. The Bertz CT molecular complexity index is 1260. The van der Waals surface area contributed by atoms with Gasteiger partial charge in [-0.25, -0.2) is 4.98 Å². The minimum atomic E-state index is -4.53. The van der Waals surface area contributed by atoms with Gasteiger partial charge < -0.3 is 15.4 Å². The second kappa shape index (κ2) is 12.0. The fourth-order valence-electron chi connectivity index (χ4n) is 4.38. The van der Waals surface area contributed by atoms with E-state index >= 15 is 0 Å². The molecule has 202 valence electrons. The third-order valence-electron chi connectivity index (χ3n) is 6.54. The molecule has 1 aromatic heterocycles. The number of halogens is 3. The van der Waals surface area contributed by atoms with E-state index in [9.17, 15) is 22.8 Å². The molecule has 2 unspecified atom stereocenters. The number of amides is 2. The quantitative estimate of drug-likeness (QED) is 0.346. The number of carbonyl (C=O) groups is 2. The summed E-state index contributed by atoms with van der Waals surface area (Å²) in [6.07, 6.45) is -1.57. The lowest BCUT2D eigenvalue weighted by Crippen LogP contribution is -2.53. The highest BCUT2D eigenvalue weighted by molar-refractivity contribution is 7.09. The van der Waals surface area contributed by atoms with Crippen molar-refractivity contribution in [1.82, 2.24) is 15.6 Å². The Hall–Kier alpha value is -3.40. The monoisotopic (exact) mass is 545 g/mol. The zero-order valence-corrected chi connectivity index (χ0v) is 22.0. The first kappa shape index (κ1) is 27.6. The molecule has 38 heavy (non-hydrogen) atoms. The number of alkyl halides is 3. The van der Waals surface area contributed by atoms with Gasteiger partial charge in [-0.15, -0.1) is 11.3 Å². The molecule has 0 spiro atoms. The molecule has 1 saturated carbocycles. The van der Waals surface area contributed by atoms with Crippen LogP contribution in [0.2, 0.25) is 0 Å². The van der Waals surface area contributed by atoms with Crippen LogP contribution in [0, 0.1) is 0 Å². The van der Waals surface area contributed by atoms with Crippen LogP contribution in [0.25, 0.3) is 0 Å². The van der Waals surface area contributed by atoms with Crippen LogP contribution in [0.15, 0.2) is 53.9 Å². The van der Waals surface area contributed by atoms with Gasteiger partial charge in [0.2, 0.25) is 0 Å². The van der Waals surface area contributed by atoms with E-state index in [1.807, 2.05) is 24.3 Å². The average molecular weight is 546 g/mol. The first-order valence-electron chi connectivity index (χ1n) is 12.6. The van der Waals surface area contributed by atoms with Gasteiger partial charge >= 0.3 is 6.18 Å². The number of benzene rings is 2. The second-order valence-corrected chi connectivity index (χ2v) is 10.6. The number of nitrogens with zero attached hydrogens (tertiary/aromatic N) is 1. The largest absolute Gasteiger partial charge is 0.486 e. The molecule has 0 bridgehead atoms. The van der Waals surface area contributed by atoms with Crippen LogP contribution in [0.3, 0.4) is 0 Å². The molecule has 1 fully saturated rings. The van der Waals surface area contributed by atoms with Crippen molar-refractivity contribution in [2.45, 2.75) is 70.3 Å². The first-order valence-corrected chi connectivity index (χ1v) is 13.4. The molecule has 3 aromatic rings. The Labute approximate surface area is 223 Å². The topological polar surface area (TPSA) is 80.3 Å². The number of carbonyl (C=O) groups excluding carboxylic acids is 2. The van der Waals surface area contributed by atoms with Crippen molar-refractivity contribution in [3.05, 3.63) is 81.3 Å². The zero-order chi connectivity index (χ0) is 27.3. The summed E-state index contributed by atoms with van der Waals surface area (Å²) in [6, 6.07) is 11.4.